The lowest BCUT2D eigenvalue weighted by molar-refractivity contribution is 0.102. The van der Waals surface area contributed by atoms with E-state index in [1.54, 1.807) is 22.9 Å². The second kappa shape index (κ2) is 9.51. The van der Waals surface area contributed by atoms with Crippen LogP contribution in [0, 0.1) is 6.92 Å². The summed E-state index contributed by atoms with van der Waals surface area (Å²) in [5, 5.41) is 6.19. The highest BCUT2D eigenvalue weighted by Gasteiger charge is 2.20. The maximum atomic E-state index is 13.1. The number of carbonyl (C=O) groups excluding carboxylic acids is 1. The van der Waals surface area contributed by atoms with Crippen LogP contribution in [0.1, 0.15) is 16.2 Å². The number of benzene rings is 2. The Balaban J connectivity index is 1.64. The zero-order valence-corrected chi connectivity index (χ0v) is 20.0. The number of anilines is 1. The number of halogens is 1. The number of nitrogens with one attached hydrogen (secondary N) is 1. The maximum Gasteiger partial charge on any atom is 0.257 e. The second-order valence-corrected chi connectivity index (χ2v) is 8.19. The monoisotopic (exact) mass is 484 g/mol. The number of nitrogens with zero attached hydrogens (tertiary/aromatic N) is 3. The van der Waals surface area contributed by atoms with Gasteiger partial charge in [-0.1, -0.05) is 23.7 Å². The highest BCUT2D eigenvalue weighted by Crippen LogP contribution is 2.38. The third-order valence-electron chi connectivity index (χ3n) is 4.93. The number of imidazole rings is 1. The molecule has 2 aromatic heterocycles. The van der Waals surface area contributed by atoms with Crippen LogP contribution < -0.4 is 19.5 Å². The molecule has 0 saturated carbocycles. The first kappa shape index (κ1) is 22.6. The van der Waals surface area contributed by atoms with Gasteiger partial charge in [-0.3, -0.25) is 9.36 Å². The van der Waals surface area contributed by atoms with Gasteiger partial charge in [-0.2, -0.15) is 0 Å². The molecule has 0 fully saturated rings. The molecule has 10 heteroatoms. The highest BCUT2D eigenvalue weighted by atomic mass is 35.5. The first-order chi connectivity index (χ1) is 15.9. The first-order valence-electron chi connectivity index (χ1n) is 9.82. The van der Waals surface area contributed by atoms with Crippen molar-refractivity contribution < 1.29 is 19.0 Å². The van der Waals surface area contributed by atoms with Gasteiger partial charge in [0, 0.05) is 21.5 Å². The van der Waals surface area contributed by atoms with Crippen LogP contribution in [0.2, 0.25) is 5.02 Å². The molecule has 2 heterocycles. The molecule has 4 aromatic rings. The van der Waals surface area contributed by atoms with Gasteiger partial charge >= 0.3 is 0 Å². The van der Waals surface area contributed by atoms with Crippen molar-refractivity contribution in [2.75, 3.05) is 26.6 Å². The summed E-state index contributed by atoms with van der Waals surface area (Å²) in [5.74, 6) is 2.01. The van der Waals surface area contributed by atoms with Gasteiger partial charge in [-0.05, 0) is 31.2 Å². The largest absolute Gasteiger partial charge is 0.493 e. The van der Waals surface area contributed by atoms with Crippen molar-refractivity contribution >= 4 is 34.7 Å². The van der Waals surface area contributed by atoms with Crippen LogP contribution in [-0.2, 0) is 0 Å². The molecule has 0 radical (unpaired) electrons. The molecule has 0 aliphatic carbocycles. The number of amides is 1. The van der Waals surface area contributed by atoms with Crippen molar-refractivity contribution in [3.8, 4) is 33.6 Å². The summed E-state index contributed by atoms with van der Waals surface area (Å²) in [6, 6.07) is 10.6. The smallest absolute Gasteiger partial charge is 0.257 e. The molecule has 0 aliphatic heterocycles. The molecular weight excluding hydrogens is 464 g/mol. The minimum atomic E-state index is -0.357. The Labute approximate surface area is 199 Å². The number of hydrogen-bond acceptors (Lipinski definition) is 7. The fourth-order valence-corrected chi connectivity index (χ4v) is 4.31. The number of thiazole rings is 1. The lowest BCUT2D eigenvalue weighted by Gasteiger charge is -2.14. The number of aryl methyl sites for hydroxylation is 1. The molecule has 1 amide bonds. The van der Waals surface area contributed by atoms with Crippen LogP contribution in [0.3, 0.4) is 0 Å². The molecule has 33 heavy (non-hydrogen) atoms. The number of aromatic nitrogens is 3. The number of carbonyl (C=O) groups is 1. The highest BCUT2D eigenvalue weighted by molar-refractivity contribution is 7.12. The Morgan fingerprint density at radius 3 is 2.33 bits per heavy atom. The molecule has 8 nitrogen and oxygen atoms in total. The van der Waals surface area contributed by atoms with E-state index in [2.05, 4.69) is 10.3 Å². The predicted octanol–water partition coefficient (Wildman–Crippen LogP) is 5.24. The van der Waals surface area contributed by atoms with Crippen LogP contribution in [0.25, 0.3) is 16.4 Å². The van der Waals surface area contributed by atoms with Crippen LogP contribution in [0.4, 0.5) is 5.82 Å². The Morgan fingerprint density at radius 2 is 1.73 bits per heavy atom. The summed E-state index contributed by atoms with van der Waals surface area (Å²) in [6.07, 6.45) is 1.59. The molecule has 4 rings (SSSR count). The number of hydrogen-bond donors (Lipinski definition) is 1. The average molecular weight is 485 g/mol. The van der Waals surface area contributed by atoms with E-state index in [-0.39, 0.29) is 5.91 Å². The molecule has 0 saturated heterocycles. The van der Waals surface area contributed by atoms with Crippen molar-refractivity contribution in [2.24, 2.45) is 0 Å². The summed E-state index contributed by atoms with van der Waals surface area (Å²) in [4.78, 5) is 22.1. The van der Waals surface area contributed by atoms with E-state index >= 15 is 0 Å². The van der Waals surface area contributed by atoms with Crippen molar-refractivity contribution in [3.05, 3.63) is 64.4 Å². The molecule has 0 bridgehead atoms. The third-order valence-corrected chi connectivity index (χ3v) is 6.01. The topological polar surface area (TPSA) is 87.5 Å². The van der Waals surface area contributed by atoms with Gasteiger partial charge in [0.15, 0.2) is 16.6 Å². The van der Waals surface area contributed by atoms with Gasteiger partial charge in [-0.15, -0.1) is 11.3 Å². The Bertz CT molecular complexity index is 1280. The van der Waals surface area contributed by atoms with Crippen LogP contribution >= 0.6 is 22.9 Å². The first-order valence-corrected chi connectivity index (χ1v) is 11.1. The van der Waals surface area contributed by atoms with E-state index in [9.17, 15) is 4.79 Å². The van der Waals surface area contributed by atoms with Crippen LogP contribution in [0.15, 0.2) is 48.0 Å². The van der Waals surface area contributed by atoms with Crippen LogP contribution in [0.5, 0.6) is 17.2 Å². The fourth-order valence-electron chi connectivity index (χ4n) is 3.29. The Morgan fingerprint density at radius 1 is 1.06 bits per heavy atom. The minimum absolute atomic E-state index is 0.343. The fraction of sp³-hybridized carbons (Fsp3) is 0.174. The van der Waals surface area contributed by atoms with Gasteiger partial charge in [0.25, 0.3) is 5.91 Å². The van der Waals surface area contributed by atoms with E-state index in [1.807, 2.05) is 36.6 Å². The molecule has 170 valence electrons. The standard InChI is InChI=1S/C23H21ClN4O4S/c1-13-25-11-20(27-22(29)15-9-18(30-2)21(32-4)19(10-15)31-3)28(13)23-26-17(12-33-23)14-5-7-16(24)8-6-14/h5-12H,1-4H3,(H,27,29). The van der Waals surface area contributed by atoms with Crippen molar-refractivity contribution in [3.63, 3.8) is 0 Å². The van der Waals surface area contributed by atoms with Gasteiger partial charge in [0.1, 0.15) is 11.6 Å². The van der Waals surface area contributed by atoms with Crippen molar-refractivity contribution in [2.45, 2.75) is 6.92 Å². The normalized spacial score (nSPS) is 10.7. The minimum Gasteiger partial charge on any atom is -0.493 e. The van der Waals surface area contributed by atoms with Crippen LogP contribution in [-0.4, -0.2) is 41.8 Å². The summed E-state index contributed by atoms with van der Waals surface area (Å²) < 4.78 is 17.8. The molecule has 0 atom stereocenters. The molecular formula is C23H21ClN4O4S. The summed E-state index contributed by atoms with van der Waals surface area (Å²) >= 11 is 7.43. The van der Waals surface area contributed by atoms with Crippen molar-refractivity contribution in [1.29, 1.82) is 0 Å². The maximum absolute atomic E-state index is 13.1. The zero-order chi connectivity index (χ0) is 23.5. The number of methoxy groups -OCH3 is 3. The Kier molecular flexibility index (Phi) is 6.52. The zero-order valence-electron chi connectivity index (χ0n) is 18.4. The van der Waals surface area contributed by atoms with Gasteiger partial charge in [0.05, 0.1) is 33.2 Å². The third kappa shape index (κ3) is 4.50. The number of ether oxygens (including phenoxy) is 3. The van der Waals surface area contributed by atoms with Gasteiger partial charge < -0.3 is 19.5 Å². The molecule has 0 unspecified atom stereocenters. The Hall–Kier alpha value is -3.56. The van der Waals surface area contributed by atoms with E-state index in [1.165, 1.54) is 32.7 Å². The molecule has 0 spiro atoms. The number of rotatable bonds is 7. The second-order valence-electron chi connectivity index (χ2n) is 6.92. The summed E-state index contributed by atoms with van der Waals surface area (Å²) in [6.45, 7) is 1.85. The molecule has 1 N–H and O–H groups in total. The van der Waals surface area contributed by atoms with E-state index in [0.29, 0.717) is 44.6 Å². The van der Waals surface area contributed by atoms with Gasteiger partial charge in [-0.25, -0.2) is 9.97 Å². The van der Waals surface area contributed by atoms with E-state index in [0.717, 1.165) is 11.3 Å². The average Bonchev–Trinajstić information content (AvgIpc) is 3.44. The molecule has 2 aromatic carbocycles. The van der Waals surface area contributed by atoms with Gasteiger partial charge in [0.2, 0.25) is 5.75 Å². The summed E-state index contributed by atoms with van der Waals surface area (Å²) in [5.41, 5.74) is 2.10. The summed E-state index contributed by atoms with van der Waals surface area (Å²) in [7, 11) is 4.50. The lowest BCUT2D eigenvalue weighted by atomic mass is 10.1. The van der Waals surface area contributed by atoms with E-state index < -0.39 is 0 Å². The SMILES string of the molecule is COc1cc(C(=O)Nc2cnc(C)n2-c2nc(-c3ccc(Cl)cc3)cs2)cc(OC)c1OC. The lowest BCUT2D eigenvalue weighted by Crippen LogP contribution is -2.15. The quantitative estimate of drug-likeness (QED) is 0.386. The molecule has 0 aliphatic rings. The van der Waals surface area contributed by atoms with Crippen molar-refractivity contribution in [1.82, 2.24) is 14.5 Å². The predicted molar refractivity (Wildman–Crippen MR) is 128 cm³/mol. The van der Waals surface area contributed by atoms with E-state index in [4.69, 9.17) is 30.8 Å².